The van der Waals surface area contributed by atoms with Crippen molar-refractivity contribution in [3.8, 4) is 0 Å². The Hall–Kier alpha value is 0.390. The van der Waals surface area contributed by atoms with Gasteiger partial charge in [0.15, 0.2) is 0 Å². The van der Waals surface area contributed by atoms with E-state index in [9.17, 15) is 0 Å². The van der Waals surface area contributed by atoms with E-state index in [1.165, 1.54) is 4.88 Å². The molecule has 1 aromatic heterocycles. The number of nitrogens with zero attached hydrogens (tertiary/aromatic N) is 1. The monoisotopic (exact) mass is 324 g/mol. The number of hydrogen-bond donors (Lipinski definition) is 1. The van der Waals surface area contributed by atoms with Gasteiger partial charge in [-0.2, -0.15) is 0 Å². The lowest BCUT2D eigenvalue weighted by molar-refractivity contribution is 0.211. The van der Waals surface area contributed by atoms with Crippen molar-refractivity contribution in [2.75, 3.05) is 20.1 Å². The molecule has 2 N–H and O–H groups in total. The van der Waals surface area contributed by atoms with Crippen LogP contribution in [0.2, 0.25) is 4.34 Å². The fourth-order valence-electron chi connectivity index (χ4n) is 1.59. The summed E-state index contributed by atoms with van der Waals surface area (Å²) in [5.41, 5.74) is 5.88. The molecule has 0 unspecified atom stereocenters. The van der Waals surface area contributed by atoms with Crippen molar-refractivity contribution < 1.29 is 0 Å². The average molecular weight is 326 g/mol. The predicted molar refractivity (Wildman–Crippen MR) is 76.2 cm³/mol. The summed E-state index contributed by atoms with van der Waals surface area (Å²) >= 11 is 11.0. The molecule has 0 fully saturated rings. The highest BCUT2D eigenvalue weighted by molar-refractivity contribution is 9.10. The first kappa shape index (κ1) is 14.5. The number of hydrogen-bond acceptors (Lipinski definition) is 3. The molecule has 0 spiro atoms. The molecule has 0 bridgehead atoms. The van der Waals surface area contributed by atoms with Gasteiger partial charge in [0.2, 0.25) is 0 Å². The summed E-state index contributed by atoms with van der Waals surface area (Å²) < 4.78 is 1.81. The van der Waals surface area contributed by atoms with Gasteiger partial charge in [0.1, 0.15) is 4.34 Å². The minimum absolute atomic E-state index is 0.160. The van der Waals surface area contributed by atoms with Crippen molar-refractivity contribution >= 4 is 38.9 Å². The van der Waals surface area contributed by atoms with E-state index < -0.39 is 0 Å². The van der Waals surface area contributed by atoms with Crippen molar-refractivity contribution in [1.82, 2.24) is 4.90 Å². The van der Waals surface area contributed by atoms with Gasteiger partial charge in [-0.25, -0.2) is 0 Å². The SMILES string of the molecule is CN(Cc1cc(Br)c(Cl)s1)CC(C)(C)CN. The molecule has 0 aliphatic heterocycles. The maximum Gasteiger partial charge on any atom is 0.107 e. The summed E-state index contributed by atoms with van der Waals surface area (Å²) in [7, 11) is 2.11. The Morgan fingerprint density at radius 1 is 1.56 bits per heavy atom. The molecule has 1 rings (SSSR count). The maximum absolute atomic E-state index is 6.01. The minimum Gasteiger partial charge on any atom is -0.330 e. The van der Waals surface area contributed by atoms with E-state index in [2.05, 4.69) is 47.8 Å². The topological polar surface area (TPSA) is 29.3 Å². The molecule has 0 aliphatic rings. The third-order valence-electron chi connectivity index (χ3n) is 2.37. The zero-order chi connectivity index (χ0) is 12.3. The molecule has 5 heteroatoms. The van der Waals surface area contributed by atoms with Gasteiger partial charge in [0.05, 0.1) is 0 Å². The average Bonchev–Trinajstić information content (AvgIpc) is 2.44. The van der Waals surface area contributed by atoms with Gasteiger partial charge in [-0.05, 0) is 41.0 Å². The molecule has 92 valence electrons. The molecule has 16 heavy (non-hydrogen) atoms. The molecule has 0 aromatic carbocycles. The number of rotatable bonds is 5. The highest BCUT2D eigenvalue weighted by atomic mass is 79.9. The molecule has 1 heterocycles. The van der Waals surface area contributed by atoms with E-state index in [4.69, 9.17) is 17.3 Å². The molecule has 0 atom stereocenters. The lowest BCUT2D eigenvalue weighted by Gasteiger charge is -2.28. The number of halogens is 2. The van der Waals surface area contributed by atoms with Crippen LogP contribution in [0.25, 0.3) is 0 Å². The number of nitrogens with two attached hydrogens (primary N) is 1. The Morgan fingerprint density at radius 2 is 2.19 bits per heavy atom. The third kappa shape index (κ3) is 4.34. The summed E-state index contributed by atoms with van der Waals surface area (Å²) in [6.45, 7) is 6.96. The molecule has 0 aliphatic carbocycles. The Kier molecular flexibility index (Phi) is 5.26. The van der Waals surface area contributed by atoms with Crippen LogP contribution in [0.1, 0.15) is 18.7 Å². The van der Waals surface area contributed by atoms with Gasteiger partial charge >= 0.3 is 0 Å². The van der Waals surface area contributed by atoms with E-state index in [-0.39, 0.29) is 5.41 Å². The van der Waals surface area contributed by atoms with Crippen molar-refractivity contribution in [3.05, 3.63) is 19.8 Å². The fraction of sp³-hybridized carbons (Fsp3) is 0.636. The van der Waals surface area contributed by atoms with Gasteiger partial charge in [0.25, 0.3) is 0 Å². The highest BCUT2D eigenvalue weighted by Crippen LogP contribution is 2.32. The number of thiophene rings is 1. The third-order valence-corrected chi connectivity index (χ3v) is 4.83. The Balaban J connectivity index is 2.54. The molecular weight excluding hydrogens is 308 g/mol. The van der Waals surface area contributed by atoms with Crippen LogP contribution in [-0.4, -0.2) is 25.0 Å². The summed E-state index contributed by atoms with van der Waals surface area (Å²) in [5, 5.41) is 0. The molecular formula is C11H18BrClN2S. The molecule has 2 nitrogen and oxygen atoms in total. The van der Waals surface area contributed by atoms with Crippen LogP contribution in [0.15, 0.2) is 10.5 Å². The smallest absolute Gasteiger partial charge is 0.107 e. The van der Waals surface area contributed by atoms with E-state index in [0.717, 1.165) is 21.9 Å². The van der Waals surface area contributed by atoms with E-state index in [1.807, 2.05) is 0 Å². The largest absolute Gasteiger partial charge is 0.330 e. The van der Waals surface area contributed by atoms with Crippen LogP contribution < -0.4 is 5.73 Å². The van der Waals surface area contributed by atoms with Crippen LogP contribution in [0, 0.1) is 5.41 Å². The van der Waals surface area contributed by atoms with Crippen molar-refractivity contribution in [1.29, 1.82) is 0 Å². The standard InChI is InChI=1S/C11H18BrClN2S/c1-11(2,6-14)7-15(3)5-8-4-9(12)10(13)16-8/h4H,5-7,14H2,1-3H3. The first-order valence-electron chi connectivity index (χ1n) is 5.16. The van der Waals surface area contributed by atoms with Gasteiger partial charge in [-0.3, -0.25) is 0 Å². The highest BCUT2D eigenvalue weighted by Gasteiger charge is 2.18. The second-order valence-corrected chi connectivity index (χ2v) is 7.47. The van der Waals surface area contributed by atoms with Crippen molar-refractivity contribution in [3.63, 3.8) is 0 Å². The first-order chi connectivity index (χ1) is 7.34. The van der Waals surface area contributed by atoms with Crippen LogP contribution in [0.4, 0.5) is 0 Å². The molecule has 0 saturated carbocycles. The summed E-state index contributed by atoms with van der Waals surface area (Å²) in [6, 6.07) is 2.08. The Bertz CT molecular complexity index is 332. The first-order valence-corrected chi connectivity index (χ1v) is 7.15. The molecule has 1 aromatic rings. The lowest BCUT2D eigenvalue weighted by Crippen LogP contribution is -2.36. The van der Waals surface area contributed by atoms with Crippen LogP contribution in [0.5, 0.6) is 0 Å². The predicted octanol–water partition coefficient (Wildman–Crippen LogP) is 3.58. The van der Waals surface area contributed by atoms with Crippen molar-refractivity contribution in [2.45, 2.75) is 20.4 Å². The van der Waals surface area contributed by atoms with Gasteiger partial charge in [-0.1, -0.05) is 25.4 Å². The fourth-order valence-corrected chi connectivity index (χ4v) is 3.46. The summed E-state index contributed by atoms with van der Waals surface area (Å²) in [5.74, 6) is 0. The summed E-state index contributed by atoms with van der Waals surface area (Å²) in [6.07, 6.45) is 0. The Labute approximate surface area is 115 Å². The lowest BCUT2D eigenvalue weighted by atomic mass is 9.93. The van der Waals surface area contributed by atoms with Gasteiger partial charge < -0.3 is 10.6 Å². The maximum atomic E-state index is 6.01. The molecule has 0 amide bonds. The second-order valence-electron chi connectivity index (χ2n) is 4.87. The van der Waals surface area contributed by atoms with Crippen LogP contribution in [-0.2, 0) is 6.54 Å². The summed E-state index contributed by atoms with van der Waals surface area (Å²) in [4.78, 5) is 3.55. The second kappa shape index (κ2) is 5.83. The van der Waals surface area contributed by atoms with Crippen molar-refractivity contribution in [2.24, 2.45) is 11.1 Å². The zero-order valence-electron chi connectivity index (χ0n) is 9.89. The van der Waals surface area contributed by atoms with Gasteiger partial charge in [-0.15, -0.1) is 11.3 Å². The zero-order valence-corrected chi connectivity index (χ0v) is 13.0. The van der Waals surface area contributed by atoms with Gasteiger partial charge in [0, 0.05) is 22.4 Å². The Morgan fingerprint density at radius 3 is 2.62 bits per heavy atom. The van der Waals surface area contributed by atoms with E-state index >= 15 is 0 Å². The normalized spacial score (nSPS) is 12.4. The van der Waals surface area contributed by atoms with Crippen LogP contribution in [0.3, 0.4) is 0 Å². The minimum atomic E-state index is 0.160. The molecule has 0 saturated heterocycles. The van der Waals surface area contributed by atoms with E-state index in [1.54, 1.807) is 11.3 Å². The quantitative estimate of drug-likeness (QED) is 0.896. The van der Waals surface area contributed by atoms with E-state index in [0.29, 0.717) is 6.54 Å². The van der Waals surface area contributed by atoms with Crippen LogP contribution >= 0.6 is 38.9 Å². The molecule has 0 radical (unpaired) electrons.